The van der Waals surface area contributed by atoms with Crippen LogP contribution in [0.3, 0.4) is 0 Å². The van der Waals surface area contributed by atoms with E-state index < -0.39 is 27.5 Å². The molecule has 0 aliphatic heterocycles. The number of rotatable bonds is 4. The van der Waals surface area contributed by atoms with Gasteiger partial charge >= 0.3 is 6.18 Å². The highest BCUT2D eigenvalue weighted by Crippen LogP contribution is 2.36. The summed E-state index contributed by atoms with van der Waals surface area (Å²) < 4.78 is 68.6. The largest absolute Gasteiger partial charge is 0.418 e. The van der Waals surface area contributed by atoms with Crippen molar-refractivity contribution in [1.29, 1.82) is 0 Å². The van der Waals surface area contributed by atoms with Crippen LogP contribution in [0, 0.1) is 13.8 Å². The van der Waals surface area contributed by atoms with Crippen LogP contribution in [-0.2, 0) is 16.2 Å². The zero-order valence-electron chi connectivity index (χ0n) is 14.4. The SMILES string of the molecule is Cc1nn(-c2ccccc2)c(C)c1S(=O)(=O)Nc1ccccc1C(F)(F)F. The Kier molecular flexibility index (Phi) is 4.73. The minimum atomic E-state index is -4.68. The third kappa shape index (κ3) is 3.68. The fourth-order valence-corrected chi connectivity index (χ4v) is 4.33. The molecule has 0 bridgehead atoms. The van der Waals surface area contributed by atoms with E-state index in [9.17, 15) is 21.6 Å². The van der Waals surface area contributed by atoms with Gasteiger partial charge in [0, 0.05) is 0 Å². The van der Waals surface area contributed by atoms with Crippen LogP contribution in [-0.4, -0.2) is 18.2 Å². The van der Waals surface area contributed by atoms with Crippen molar-refractivity contribution in [3.05, 3.63) is 71.5 Å². The zero-order valence-corrected chi connectivity index (χ0v) is 15.3. The minimum Gasteiger partial charge on any atom is -0.279 e. The van der Waals surface area contributed by atoms with E-state index in [0.717, 1.165) is 12.1 Å². The first-order valence-electron chi connectivity index (χ1n) is 7.92. The maximum atomic E-state index is 13.2. The molecule has 1 N–H and O–H groups in total. The van der Waals surface area contributed by atoms with Gasteiger partial charge in [-0.05, 0) is 38.1 Å². The van der Waals surface area contributed by atoms with Gasteiger partial charge in [0.05, 0.1) is 28.3 Å². The summed E-state index contributed by atoms with van der Waals surface area (Å²) in [5, 5.41) is 4.23. The molecule has 9 heteroatoms. The second-order valence-corrected chi connectivity index (χ2v) is 7.52. The molecule has 1 aromatic heterocycles. The highest BCUT2D eigenvalue weighted by Gasteiger charge is 2.35. The number of nitrogens with zero attached hydrogens (tertiary/aromatic N) is 2. The number of hydrogen-bond donors (Lipinski definition) is 1. The van der Waals surface area contributed by atoms with Gasteiger partial charge in [0.1, 0.15) is 4.90 Å². The lowest BCUT2D eigenvalue weighted by molar-refractivity contribution is -0.136. The normalized spacial score (nSPS) is 12.2. The molecule has 0 atom stereocenters. The maximum absolute atomic E-state index is 13.2. The van der Waals surface area contributed by atoms with Gasteiger partial charge in [-0.1, -0.05) is 30.3 Å². The second-order valence-electron chi connectivity index (χ2n) is 5.90. The number of aryl methyl sites for hydroxylation is 1. The van der Waals surface area contributed by atoms with Crippen LogP contribution in [0.2, 0.25) is 0 Å². The fraction of sp³-hybridized carbons (Fsp3) is 0.167. The van der Waals surface area contributed by atoms with E-state index in [0.29, 0.717) is 11.4 Å². The van der Waals surface area contributed by atoms with E-state index in [1.807, 2.05) is 6.07 Å². The van der Waals surface area contributed by atoms with E-state index in [1.165, 1.54) is 23.7 Å². The van der Waals surface area contributed by atoms with Gasteiger partial charge in [0.25, 0.3) is 10.0 Å². The Labute approximate surface area is 154 Å². The number of benzene rings is 2. The van der Waals surface area contributed by atoms with E-state index in [2.05, 4.69) is 9.82 Å². The van der Waals surface area contributed by atoms with Crippen molar-refractivity contribution in [3.8, 4) is 5.69 Å². The molecule has 0 radical (unpaired) electrons. The van der Waals surface area contributed by atoms with Crippen molar-refractivity contribution in [2.24, 2.45) is 0 Å². The average molecular weight is 395 g/mol. The molecule has 2 aromatic carbocycles. The Morgan fingerprint density at radius 1 is 0.963 bits per heavy atom. The number of alkyl halides is 3. The molecule has 0 saturated carbocycles. The lowest BCUT2D eigenvalue weighted by Gasteiger charge is -2.14. The summed E-state index contributed by atoms with van der Waals surface area (Å²) in [5.74, 6) is 0. The molecule has 3 rings (SSSR count). The van der Waals surface area contributed by atoms with Crippen molar-refractivity contribution >= 4 is 15.7 Å². The molecule has 5 nitrogen and oxygen atoms in total. The third-order valence-corrected chi connectivity index (χ3v) is 5.59. The smallest absolute Gasteiger partial charge is 0.279 e. The van der Waals surface area contributed by atoms with Crippen molar-refractivity contribution in [2.45, 2.75) is 24.9 Å². The summed E-state index contributed by atoms with van der Waals surface area (Å²) in [7, 11) is -4.28. The van der Waals surface area contributed by atoms with Crippen molar-refractivity contribution in [2.75, 3.05) is 4.72 Å². The summed E-state index contributed by atoms with van der Waals surface area (Å²) in [6, 6.07) is 13.3. The van der Waals surface area contributed by atoms with Gasteiger partial charge in [0.2, 0.25) is 0 Å². The average Bonchev–Trinajstić information content (AvgIpc) is 2.90. The fourth-order valence-electron chi connectivity index (χ4n) is 2.85. The predicted molar refractivity (Wildman–Crippen MR) is 95.3 cm³/mol. The standard InChI is InChI=1S/C18H16F3N3O2S/c1-12-17(13(2)24(22-12)14-8-4-3-5-9-14)27(25,26)23-16-11-7-6-10-15(16)18(19,20)21/h3-11,23H,1-2H3. The van der Waals surface area contributed by atoms with Crippen LogP contribution in [0.25, 0.3) is 5.69 Å². The molecule has 0 spiro atoms. The number of halogens is 3. The number of nitrogens with one attached hydrogen (secondary N) is 1. The molecule has 142 valence electrons. The predicted octanol–water partition coefficient (Wildman–Crippen LogP) is 4.31. The van der Waals surface area contributed by atoms with Crippen LogP contribution in [0.1, 0.15) is 17.0 Å². The van der Waals surface area contributed by atoms with Gasteiger partial charge in [-0.3, -0.25) is 4.72 Å². The van der Waals surface area contributed by atoms with Crippen LogP contribution in [0.5, 0.6) is 0 Å². The van der Waals surface area contributed by atoms with E-state index >= 15 is 0 Å². The molecule has 0 aliphatic carbocycles. The highest BCUT2D eigenvalue weighted by atomic mass is 32.2. The van der Waals surface area contributed by atoms with E-state index in [4.69, 9.17) is 0 Å². The molecule has 0 saturated heterocycles. The van der Waals surface area contributed by atoms with Gasteiger partial charge in [0.15, 0.2) is 0 Å². The molecule has 0 amide bonds. The topological polar surface area (TPSA) is 64.0 Å². The molecule has 1 heterocycles. The molecule has 27 heavy (non-hydrogen) atoms. The van der Waals surface area contributed by atoms with Gasteiger partial charge in [-0.15, -0.1) is 0 Å². The quantitative estimate of drug-likeness (QED) is 0.716. The Hall–Kier alpha value is -2.81. The monoisotopic (exact) mass is 395 g/mol. The Morgan fingerprint density at radius 2 is 1.56 bits per heavy atom. The third-order valence-electron chi connectivity index (χ3n) is 3.97. The molecular formula is C18H16F3N3O2S. The summed E-state index contributed by atoms with van der Waals surface area (Å²) >= 11 is 0. The van der Waals surface area contributed by atoms with Gasteiger partial charge in [-0.25, -0.2) is 13.1 Å². The first-order valence-corrected chi connectivity index (χ1v) is 9.40. The van der Waals surface area contributed by atoms with Crippen LogP contribution < -0.4 is 4.72 Å². The number of para-hydroxylation sites is 2. The molecule has 3 aromatic rings. The highest BCUT2D eigenvalue weighted by molar-refractivity contribution is 7.92. The van der Waals surface area contributed by atoms with Crippen molar-refractivity contribution in [1.82, 2.24) is 9.78 Å². The minimum absolute atomic E-state index is 0.150. The van der Waals surface area contributed by atoms with Gasteiger partial charge < -0.3 is 0 Å². The second kappa shape index (κ2) is 6.73. The molecule has 0 fully saturated rings. The zero-order chi connectivity index (χ0) is 19.8. The number of hydrogen-bond acceptors (Lipinski definition) is 3. The summed E-state index contributed by atoms with van der Waals surface area (Å²) in [5.41, 5.74) is -0.449. The summed E-state index contributed by atoms with van der Waals surface area (Å²) in [4.78, 5) is -0.150. The Bertz CT molecular complexity index is 1070. The number of aromatic nitrogens is 2. The van der Waals surface area contributed by atoms with Crippen molar-refractivity contribution in [3.63, 3.8) is 0 Å². The number of sulfonamides is 1. The van der Waals surface area contributed by atoms with Crippen LogP contribution in [0.15, 0.2) is 59.5 Å². The lowest BCUT2D eigenvalue weighted by Crippen LogP contribution is -2.18. The Morgan fingerprint density at radius 3 is 2.19 bits per heavy atom. The van der Waals surface area contributed by atoms with E-state index in [-0.39, 0.29) is 10.6 Å². The first-order chi connectivity index (χ1) is 12.6. The summed E-state index contributed by atoms with van der Waals surface area (Å²) in [6.07, 6.45) is -4.68. The van der Waals surface area contributed by atoms with Crippen LogP contribution >= 0.6 is 0 Å². The molecule has 0 aliphatic rings. The molecular weight excluding hydrogens is 379 g/mol. The lowest BCUT2D eigenvalue weighted by atomic mass is 10.2. The van der Waals surface area contributed by atoms with Crippen molar-refractivity contribution < 1.29 is 21.6 Å². The number of anilines is 1. The first kappa shape index (κ1) is 19.0. The Balaban J connectivity index is 2.07. The summed E-state index contributed by atoms with van der Waals surface area (Å²) in [6.45, 7) is 3.05. The van der Waals surface area contributed by atoms with E-state index in [1.54, 1.807) is 31.2 Å². The van der Waals surface area contributed by atoms with Gasteiger partial charge in [-0.2, -0.15) is 18.3 Å². The molecule has 0 unspecified atom stereocenters. The maximum Gasteiger partial charge on any atom is 0.418 e. The van der Waals surface area contributed by atoms with Crippen LogP contribution in [0.4, 0.5) is 18.9 Å².